The molecule has 1 atom stereocenters. The number of amides is 1. The fourth-order valence-electron chi connectivity index (χ4n) is 3.38. The number of esters is 2. The van der Waals surface area contributed by atoms with E-state index in [4.69, 9.17) is 19.9 Å². The number of ether oxygens (including phenoxy) is 3. The summed E-state index contributed by atoms with van der Waals surface area (Å²) >= 11 is 0. The third-order valence-electron chi connectivity index (χ3n) is 5.21. The van der Waals surface area contributed by atoms with Crippen LogP contribution in [0.1, 0.15) is 29.3 Å². The zero-order valence-electron chi connectivity index (χ0n) is 19.7. The first-order chi connectivity index (χ1) is 16.9. The summed E-state index contributed by atoms with van der Waals surface area (Å²) in [4.78, 5) is 37.7. The number of anilines is 1. The van der Waals surface area contributed by atoms with E-state index in [1.807, 2.05) is 42.5 Å². The monoisotopic (exact) mass is 476 g/mol. The Labute approximate surface area is 204 Å². The Hall–Kier alpha value is -4.33. The summed E-state index contributed by atoms with van der Waals surface area (Å²) in [5.41, 5.74) is 9.04. The van der Waals surface area contributed by atoms with Gasteiger partial charge in [-0.25, -0.2) is 4.79 Å². The van der Waals surface area contributed by atoms with Crippen molar-refractivity contribution in [3.05, 3.63) is 83.9 Å². The Morgan fingerprint density at radius 1 is 0.914 bits per heavy atom. The number of hydrogen-bond donors (Lipinski definition) is 2. The van der Waals surface area contributed by atoms with Crippen LogP contribution in [0, 0.1) is 0 Å². The van der Waals surface area contributed by atoms with E-state index in [1.165, 1.54) is 0 Å². The fraction of sp³-hybridized carbons (Fsp3) is 0.222. The van der Waals surface area contributed by atoms with Gasteiger partial charge >= 0.3 is 11.9 Å². The van der Waals surface area contributed by atoms with Crippen LogP contribution in [0.4, 0.5) is 5.69 Å². The zero-order chi connectivity index (χ0) is 25.2. The third kappa shape index (κ3) is 7.07. The van der Waals surface area contributed by atoms with Crippen molar-refractivity contribution < 1.29 is 28.6 Å². The minimum Gasteiger partial charge on any atom is -0.497 e. The Kier molecular flexibility index (Phi) is 8.83. The van der Waals surface area contributed by atoms with Crippen molar-refractivity contribution in [3.63, 3.8) is 0 Å². The van der Waals surface area contributed by atoms with E-state index in [9.17, 15) is 14.4 Å². The summed E-state index contributed by atoms with van der Waals surface area (Å²) in [7, 11) is 1.59. The molecule has 0 aliphatic carbocycles. The van der Waals surface area contributed by atoms with Crippen LogP contribution in [0.5, 0.6) is 5.75 Å². The van der Waals surface area contributed by atoms with E-state index >= 15 is 0 Å². The van der Waals surface area contributed by atoms with Gasteiger partial charge < -0.3 is 25.3 Å². The number of nitrogens with two attached hydrogens (primary N) is 1. The maximum Gasteiger partial charge on any atom is 0.329 e. The number of nitrogen functional groups attached to an aromatic ring is 1. The molecule has 35 heavy (non-hydrogen) atoms. The van der Waals surface area contributed by atoms with Crippen molar-refractivity contribution in [1.29, 1.82) is 0 Å². The summed E-state index contributed by atoms with van der Waals surface area (Å²) in [6.45, 7) is 1.82. The Balaban J connectivity index is 1.73. The molecule has 3 rings (SSSR count). The minimum atomic E-state index is -1.23. The molecule has 8 heteroatoms. The van der Waals surface area contributed by atoms with Gasteiger partial charge in [-0.2, -0.15) is 0 Å². The first-order valence-electron chi connectivity index (χ1n) is 11.1. The topological polar surface area (TPSA) is 117 Å². The number of methoxy groups -OCH3 is 1. The van der Waals surface area contributed by atoms with Gasteiger partial charge in [-0.1, -0.05) is 48.5 Å². The van der Waals surface area contributed by atoms with E-state index in [2.05, 4.69) is 5.32 Å². The van der Waals surface area contributed by atoms with Crippen molar-refractivity contribution in [3.8, 4) is 16.9 Å². The van der Waals surface area contributed by atoms with Crippen LogP contribution in [0.2, 0.25) is 0 Å². The lowest BCUT2D eigenvalue weighted by Crippen LogP contribution is -2.43. The van der Waals surface area contributed by atoms with E-state index in [0.29, 0.717) is 0 Å². The maximum absolute atomic E-state index is 13.0. The van der Waals surface area contributed by atoms with E-state index in [0.717, 1.165) is 22.4 Å². The number of nitrogens with one attached hydrogen (secondary N) is 1. The molecule has 1 amide bonds. The lowest BCUT2D eigenvalue weighted by Gasteiger charge is -2.18. The van der Waals surface area contributed by atoms with Crippen molar-refractivity contribution in [2.24, 2.45) is 0 Å². The number of carbonyl (C=O) groups is 3. The van der Waals surface area contributed by atoms with E-state index in [1.54, 1.807) is 44.4 Å². The first-order valence-corrected chi connectivity index (χ1v) is 11.1. The van der Waals surface area contributed by atoms with Gasteiger partial charge in [0, 0.05) is 5.69 Å². The van der Waals surface area contributed by atoms with Gasteiger partial charge in [-0.15, -0.1) is 0 Å². The first kappa shape index (κ1) is 25.3. The molecule has 0 aliphatic heterocycles. The van der Waals surface area contributed by atoms with E-state index in [-0.39, 0.29) is 30.9 Å². The molecule has 3 aromatic rings. The highest BCUT2D eigenvalue weighted by atomic mass is 16.5. The Morgan fingerprint density at radius 3 is 2.23 bits per heavy atom. The molecule has 0 spiro atoms. The second kappa shape index (κ2) is 12.2. The van der Waals surface area contributed by atoms with Crippen molar-refractivity contribution in [2.75, 3.05) is 19.5 Å². The molecule has 0 heterocycles. The Morgan fingerprint density at radius 2 is 1.60 bits per heavy atom. The molecule has 0 bridgehead atoms. The summed E-state index contributed by atoms with van der Waals surface area (Å²) in [6, 6.07) is 20.3. The lowest BCUT2D eigenvalue weighted by atomic mass is 10.0. The molecule has 0 aromatic heterocycles. The van der Waals surface area contributed by atoms with Gasteiger partial charge in [0.2, 0.25) is 0 Å². The largest absolute Gasteiger partial charge is 0.497 e. The highest BCUT2D eigenvalue weighted by Gasteiger charge is 2.27. The molecule has 8 nitrogen and oxygen atoms in total. The predicted molar refractivity (Wildman–Crippen MR) is 132 cm³/mol. The molecule has 0 aliphatic rings. The number of carbonyl (C=O) groups excluding carboxylic acids is 3. The highest BCUT2D eigenvalue weighted by Crippen LogP contribution is 2.26. The van der Waals surface area contributed by atoms with Crippen molar-refractivity contribution in [1.82, 2.24) is 5.32 Å². The van der Waals surface area contributed by atoms with Gasteiger partial charge in [0.05, 0.1) is 25.7 Å². The van der Waals surface area contributed by atoms with Crippen LogP contribution in [0.15, 0.2) is 72.8 Å². The quantitative estimate of drug-likeness (QED) is 0.338. The Bertz CT molecular complexity index is 1160. The van der Waals surface area contributed by atoms with Crippen molar-refractivity contribution >= 4 is 23.5 Å². The smallest absolute Gasteiger partial charge is 0.329 e. The van der Waals surface area contributed by atoms with Gasteiger partial charge in [0.15, 0.2) is 0 Å². The second-order valence-corrected chi connectivity index (χ2v) is 7.66. The summed E-state index contributed by atoms with van der Waals surface area (Å²) in [5.74, 6) is -1.25. The predicted octanol–water partition coefficient (Wildman–Crippen LogP) is 3.74. The van der Waals surface area contributed by atoms with Crippen LogP contribution in [0.3, 0.4) is 0 Å². The van der Waals surface area contributed by atoms with Crippen LogP contribution in [0.25, 0.3) is 11.1 Å². The molecule has 0 radical (unpaired) electrons. The van der Waals surface area contributed by atoms with Gasteiger partial charge in [0.1, 0.15) is 18.4 Å². The molecule has 3 aromatic carbocycles. The average molecular weight is 477 g/mol. The maximum atomic E-state index is 13.0. The molecular weight excluding hydrogens is 448 g/mol. The molecule has 0 unspecified atom stereocenters. The zero-order valence-corrected chi connectivity index (χ0v) is 19.7. The number of benzene rings is 3. The van der Waals surface area contributed by atoms with Crippen LogP contribution < -0.4 is 15.8 Å². The van der Waals surface area contributed by atoms with Gasteiger partial charge in [0.25, 0.3) is 5.91 Å². The van der Waals surface area contributed by atoms with E-state index < -0.39 is 23.9 Å². The SMILES string of the molecule is CCOC(=O)C[C@H](NC(=O)c1ccc(-c2ccc(OC)cc2)cc1N)C(=O)OCc1ccccc1. The fourth-order valence-corrected chi connectivity index (χ4v) is 3.38. The van der Waals surface area contributed by atoms with Crippen molar-refractivity contribution in [2.45, 2.75) is 26.0 Å². The van der Waals surface area contributed by atoms with Crippen LogP contribution >= 0.6 is 0 Å². The molecule has 3 N–H and O–H groups in total. The normalized spacial score (nSPS) is 11.3. The van der Waals surface area contributed by atoms with Gasteiger partial charge in [-0.05, 0) is 47.9 Å². The standard InChI is InChI=1S/C27H28N2O6/c1-3-34-25(30)16-24(27(32)35-17-18-7-5-4-6-8-18)29-26(31)22-14-11-20(15-23(22)28)19-9-12-21(33-2)13-10-19/h4-15,24H,3,16-17,28H2,1-2H3,(H,29,31)/t24-/m0/s1. The molecule has 0 saturated heterocycles. The van der Waals surface area contributed by atoms with Gasteiger partial charge in [-0.3, -0.25) is 9.59 Å². The molecule has 182 valence electrons. The molecule has 0 saturated carbocycles. The molecule has 0 fully saturated rings. The summed E-state index contributed by atoms with van der Waals surface area (Å²) in [5, 5.41) is 2.56. The number of rotatable bonds is 10. The summed E-state index contributed by atoms with van der Waals surface area (Å²) in [6.07, 6.45) is -0.364. The van der Waals surface area contributed by atoms with Crippen LogP contribution in [-0.2, 0) is 25.7 Å². The number of hydrogen-bond acceptors (Lipinski definition) is 7. The third-order valence-corrected chi connectivity index (χ3v) is 5.21. The lowest BCUT2D eigenvalue weighted by molar-refractivity contribution is -0.153. The van der Waals surface area contributed by atoms with Crippen LogP contribution in [-0.4, -0.2) is 37.6 Å². The molecular formula is C27H28N2O6. The highest BCUT2D eigenvalue weighted by molar-refractivity contribution is 6.02. The average Bonchev–Trinajstić information content (AvgIpc) is 2.87. The minimum absolute atomic E-state index is 0.00751. The second-order valence-electron chi connectivity index (χ2n) is 7.66. The summed E-state index contributed by atoms with van der Waals surface area (Å²) < 4.78 is 15.4.